The molecule has 22 heavy (non-hydrogen) atoms. The summed E-state index contributed by atoms with van der Waals surface area (Å²) in [4.78, 5) is 25.4. The molecule has 0 bridgehead atoms. The number of hydrogen-bond donors (Lipinski definition) is 0. The largest absolute Gasteiger partial charge is 0.464 e. The summed E-state index contributed by atoms with van der Waals surface area (Å²) in [5.74, 6) is -1.25. The van der Waals surface area contributed by atoms with Crippen LogP contribution < -0.4 is 0 Å². The average Bonchev–Trinajstić information content (AvgIpc) is 2.73. The van der Waals surface area contributed by atoms with E-state index >= 15 is 0 Å². The van der Waals surface area contributed by atoms with Gasteiger partial charge in [0.15, 0.2) is 0 Å². The summed E-state index contributed by atoms with van der Waals surface area (Å²) in [6, 6.07) is 5.89. The zero-order valence-corrected chi connectivity index (χ0v) is 13.5. The standard InChI is InChI=1S/C15H14FNO3S2/c1-2-6-20-13(18)9-17-14(19)12(22-15(17)21)8-10-4-3-5-11(16)7-10/h3-5,7-8H,2,6,9H2,1H3/b12-8-. The minimum Gasteiger partial charge on any atom is -0.464 e. The van der Waals surface area contributed by atoms with E-state index < -0.39 is 5.97 Å². The van der Waals surface area contributed by atoms with Gasteiger partial charge in [0.2, 0.25) is 0 Å². The molecule has 0 atom stereocenters. The SMILES string of the molecule is CCCOC(=O)CN1C(=O)/C(=C/c2cccc(F)c2)SC1=S. The lowest BCUT2D eigenvalue weighted by Crippen LogP contribution is -2.34. The summed E-state index contributed by atoms with van der Waals surface area (Å²) in [7, 11) is 0. The van der Waals surface area contributed by atoms with Gasteiger partial charge < -0.3 is 4.74 Å². The fraction of sp³-hybridized carbons (Fsp3) is 0.267. The lowest BCUT2D eigenvalue weighted by atomic mass is 10.2. The maximum Gasteiger partial charge on any atom is 0.326 e. The fourth-order valence-corrected chi connectivity index (χ4v) is 3.03. The zero-order valence-electron chi connectivity index (χ0n) is 11.9. The minimum atomic E-state index is -0.495. The van der Waals surface area contributed by atoms with Gasteiger partial charge in [-0.2, -0.15) is 0 Å². The molecule has 1 aromatic carbocycles. The third-order valence-corrected chi connectivity index (χ3v) is 4.15. The Morgan fingerprint density at radius 1 is 1.50 bits per heavy atom. The number of esters is 1. The predicted molar refractivity (Wildman–Crippen MR) is 87.5 cm³/mol. The molecule has 0 spiro atoms. The number of hydrogen-bond acceptors (Lipinski definition) is 5. The molecule has 0 aromatic heterocycles. The van der Waals surface area contributed by atoms with Crippen molar-refractivity contribution in [2.75, 3.05) is 13.2 Å². The molecule has 0 saturated carbocycles. The number of carbonyl (C=O) groups excluding carboxylic acids is 2. The number of rotatable bonds is 5. The molecule has 0 aliphatic carbocycles. The first-order valence-corrected chi connectivity index (χ1v) is 7.90. The Labute approximate surface area is 137 Å². The number of benzene rings is 1. The van der Waals surface area contributed by atoms with Crippen molar-refractivity contribution in [1.29, 1.82) is 0 Å². The third-order valence-electron chi connectivity index (χ3n) is 2.77. The first-order valence-electron chi connectivity index (χ1n) is 6.68. The van der Waals surface area contributed by atoms with E-state index in [2.05, 4.69) is 0 Å². The van der Waals surface area contributed by atoms with Crippen LogP contribution in [-0.4, -0.2) is 34.2 Å². The quantitative estimate of drug-likeness (QED) is 0.469. The minimum absolute atomic E-state index is 0.203. The first-order chi connectivity index (χ1) is 10.5. The van der Waals surface area contributed by atoms with Crippen LogP contribution in [0.15, 0.2) is 29.2 Å². The molecular formula is C15H14FNO3S2. The van der Waals surface area contributed by atoms with E-state index in [-0.39, 0.29) is 18.3 Å². The van der Waals surface area contributed by atoms with E-state index in [1.165, 1.54) is 17.0 Å². The lowest BCUT2D eigenvalue weighted by Gasteiger charge is -2.13. The van der Waals surface area contributed by atoms with Gasteiger partial charge in [0.1, 0.15) is 16.7 Å². The number of amides is 1. The molecule has 0 N–H and O–H groups in total. The van der Waals surface area contributed by atoms with Gasteiger partial charge in [0, 0.05) is 0 Å². The van der Waals surface area contributed by atoms with Crippen molar-refractivity contribution < 1.29 is 18.7 Å². The highest BCUT2D eigenvalue weighted by molar-refractivity contribution is 8.26. The fourth-order valence-electron chi connectivity index (χ4n) is 1.77. The van der Waals surface area contributed by atoms with Crippen LogP contribution in [0.1, 0.15) is 18.9 Å². The molecule has 1 aliphatic heterocycles. The van der Waals surface area contributed by atoms with E-state index in [1.54, 1.807) is 18.2 Å². The number of thioether (sulfide) groups is 1. The van der Waals surface area contributed by atoms with Gasteiger partial charge >= 0.3 is 5.97 Å². The van der Waals surface area contributed by atoms with Crippen molar-refractivity contribution in [3.8, 4) is 0 Å². The summed E-state index contributed by atoms with van der Waals surface area (Å²) < 4.78 is 18.4. The van der Waals surface area contributed by atoms with E-state index in [0.717, 1.165) is 11.8 Å². The number of thiocarbonyl (C=S) groups is 1. The van der Waals surface area contributed by atoms with Crippen LogP contribution in [0.3, 0.4) is 0 Å². The molecule has 0 unspecified atom stereocenters. The molecule has 1 heterocycles. The third kappa shape index (κ3) is 4.14. The second-order valence-corrected chi connectivity index (χ2v) is 6.22. The lowest BCUT2D eigenvalue weighted by molar-refractivity contribution is -0.146. The van der Waals surface area contributed by atoms with Gasteiger partial charge in [-0.3, -0.25) is 14.5 Å². The van der Waals surface area contributed by atoms with Crippen LogP contribution >= 0.6 is 24.0 Å². The van der Waals surface area contributed by atoms with Crippen molar-refractivity contribution in [3.05, 3.63) is 40.6 Å². The Morgan fingerprint density at radius 3 is 2.95 bits per heavy atom. The average molecular weight is 339 g/mol. The van der Waals surface area contributed by atoms with Gasteiger partial charge in [-0.1, -0.05) is 43.0 Å². The molecular weight excluding hydrogens is 325 g/mol. The van der Waals surface area contributed by atoms with Crippen molar-refractivity contribution in [2.24, 2.45) is 0 Å². The maximum absolute atomic E-state index is 13.2. The zero-order chi connectivity index (χ0) is 16.1. The molecule has 1 saturated heterocycles. The second kappa shape index (κ2) is 7.51. The van der Waals surface area contributed by atoms with E-state index in [1.807, 2.05) is 6.92 Å². The summed E-state index contributed by atoms with van der Waals surface area (Å²) in [6.07, 6.45) is 2.27. The number of nitrogens with zero attached hydrogens (tertiary/aromatic N) is 1. The number of carbonyl (C=O) groups is 2. The molecule has 7 heteroatoms. The van der Waals surface area contributed by atoms with E-state index in [4.69, 9.17) is 17.0 Å². The second-order valence-electron chi connectivity index (χ2n) is 4.54. The Morgan fingerprint density at radius 2 is 2.27 bits per heavy atom. The van der Waals surface area contributed by atoms with Crippen molar-refractivity contribution >= 4 is 46.3 Å². The van der Waals surface area contributed by atoms with Gasteiger partial charge in [-0.15, -0.1) is 0 Å². The Bertz CT molecular complexity index is 645. The highest BCUT2D eigenvalue weighted by Gasteiger charge is 2.33. The van der Waals surface area contributed by atoms with Gasteiger partial charge in [-0.25, -0.2) is 4.39 Å². The van der Waals surface area contributed by atoms with Crippen LogP contribution in [0.5, 0.6) is 0 Å². The van der Waals surface area contributed by atoms with E-state index in [9.17, 15) is 14.0 Å². The molecule has 1 amide bonds. The van der Waals surface area contributed by atoms with Crippen LogP contribution in [0.4, 0.5) is 4.39 Å². The maximum atomic E-state index is 13.2. The molecule has 2 rings (SSSR count). The number of ether oxygens (including phenoxy) is 1. The topological polar surface area (TPSA) is 46.6 Å². The monoisotopic (exact) mass is 339 g/mol. The van der Waals surface area contributed by atoms with Gasteiger partial charge in [0.05, 0.1) is 11.5 Å². The summed E-state index contributed by atoms with van der Waals surface area (Å²) in [5.41, 5.74) is 0.564. The van der Waals surface area contributed by atoms with Crippen LogP contribution in [0.2, 0.25) is 0 Å². The van der Waals surface area contributed by atoms with Crippen LogP contribution in [0, 0.1) is 5.82 Å². The summed E-state index contributed by atoms with van der Waals surface area (Å²) in [5, 5.41) is 0. The van der Waals surface area contributed by atoms with Crippen molar-refractivity contribution in [3.63, 3.8) is 0 Å². The van der Waals surface area contributed by atoms with Gasteiger partial charge in [0.25, 0.3) is 5.91 Å². The Hall–Kier alpha value is -1.73. The van der Waals surface area contributed by atoms with Crippen molar-refractivity contribution in [2.45, 2.75) is 13.3 Å². The van der Waals surface area contributed by atoms with E-state index in [0.29, 0.717) is 27.8 Å². The van der Waals surface area contributed by atoms with Crippen LogP contribution in [0.25, 0.3) is 6.08 Å². The molecule has 0 radical (unpaired) electrons. The normalized spacial score (nSPS) is 16.5. The molecule has 4 nitrogen and oxygen atoms in total. The van der Waals surface area contributed by atoms with Gasteiger partial charge in [-0.05, 0) is 30.2 Å². The first kappa shape index (κ1) is 16.6. The molecule has 1 aliphatic rings. The molecule has 1 fully saturated rings. The number of halogens is 1. The summed E-state index contributed by atoms with van der Waals surface area (Å²) in [6.45, 7) is 1.99. The highest BCUT2D eigenvalue weighted by Crippen LogP contribution is 2.32. The van der Waals surface area contributed by atoms with Crippen molar-refractivity contribution in [1.82, 2.24) is 4.90 Å². The summed E-state index contributed by atoms with van der Waals surface area (Å²) >= 11 is 6.20. The molecule has 1 aromatic rings. The highest BCUT2D eigenvalue weighted by atomic mass is 32.2. The molecule has 116 valence electrons. The van der Waals surface area contributed by atoms with Crippen LogP contribution in [-0.2, 0) is 14.3 Å². The smallest absolute Gasteiger partial charge is 0.326 e. The predicted octanol–water partition coefficient (Wildman–Crippen LogP) is 2.98. The Balaban J connectivity index is 2.10. The Kier molecular flexibility index (Phi) is 5.68.